The molecule has 6 heterocycles. The fourth-order valence-corrected chi connectivity index (χ4v) is 7.73. The summed E-state index contributed by atoms with van der Waals surface area (Å²) in [5.41, 5.74) is 0.649. The second-order valence-electron chi connectivity index (χ2n) is 10.9. The predicted octanol–water partition coefficient (Wildman–Crippen LogP) is 2.79. The maximum Gasteiger partial charge on any atom is 0.276 e. The average molecular weight is 520 g/mol. The molecular weight excluding hydrogens is 490 g/mol. The molecule has 10 nitrogen and oxygen atoms in total. The van der Waals surface area contributed by atoms with Gasteiger partial charge >= 0.3 is 0 Å². The van der Waals surface area contributed by atoms with Gasteiger partial charge in [-0.3, -0.25) is 23.9 Å². The van der Waals surface area contributed by atoms with Gasteiger partial charge in [-0.1, -0.05) is 6.42 Å². The topological polar surface area (TPSA) is 112 Å². The fraction of sp³-hybridized carbons (Fsp3) is 0.500. The van der Waals surface area contributed by atoms with Crippen LogP contribution in [0.5, 0.6) is 0 Å². The van der Waals surface area contributed by atoms with E-state index >= 15 is 0 Å². The average Bonchev–Trinajstić information content (AvgIpc) is 3.64. The quantitative estimate of drug-likeness (QED) is 0.547. The van der Waals surface area contributed by atoms with Gasteiger partial charge in [0, 0.05) is 25.2 Å². The lowest BCUT2D eigenvalue weighted by Crippen LogP contribution is -2.48. The van der Waals surface area contributed by atoms with Gasteiger partial charge in [0.1, 0.15) is 34.0 Å². The Kier molecular flexibility index (Phi) is 5.00. The Hall–Kier alpha value is -3.31. The van der Waals surface area contributed by atoms with Crippen molar-refractivity contribution >= 4 is 44.9 Å². The SMILES string of the molecule is Cc1cc(Nc2ncnc3sc(C(=O)N4C[C@H]5C[C@@H]4CN5C)cc23)c(=O)n2c1C(=O)NC21CCCCC1. The minimum Gasteiger partial charge on any atom is -0.335 e. The van der Waals surface area contributed by atoms with Crippen molar-refractivity contribution in [2.24, 2.45) is 0 Å². The number of hydrogen-bond acceptors (Lipinski definition) is 8. The molecular formula is C26H29N7O3S. The van der Waals surface area contributed by atoms with E-state index in [4.69, 9.17) is 0 Å². The Labute approximate surface area is 217 Å². The highest BCUT2D eigenvalue weighted by atomic mass is 32.1. The van der Waals surface area contributed by atoms with Crippen LogP contribution < -0.4 is 16.2 Å². The van der Waals surface area contributed by atoms with E-state index in [9.17, 15) is 14.4 Å². The predicted molar refractivity (Wildman–Crippen MR) is 141 cm³/mol. The zero-order valence-corrected chi connectivity index (χ0v) is 21.7. The largest absolute Gasteiger partial charge is 0.335 e. The second-order valence-corrected chi connectivity index (χ2v) is 11.9. The zero-order chi connectivity index (χ0) is 25.5. The summed E-state index contributed by atoms with van der Waals surface area (Å²) in [6.07, 6.45) is 7.01. The molecule has 1 spiro atoms. The molecule has 2 N–H and O–H groups in total. The molecule has 3 fully saturated rings. The second kappa shape index (κ2) is 8.09. The molecule has 0 radical (unpaired) electrons. The van der Waals surface area contributed by atoms with E-state index in [0.717, 1.165) is 57.2 Å². The molecule has 11 heteroatoms. The van der Waals surface area contributed by atoms with E-state index in [2.05, 4.69) is 32.5 Å². The van der Waals surface area contributed by atoms with E-state index in [0.29, 0.717) is 38.3 Å². The van der Waals surface area contributed by atoms with Gasteiger partial charge in [0.2, 0.25) is 0 Å². The number of amides is 2. The molecule has 2 atom stereocenters. The van der Waals surface area contributed by atoms with Crippen LogP contribution in [0.2, 0.25) is 0 Å². The third-order valence-corrected chi connectivity index (χ3v) is 9.66. The number of aromatic nitrogens is 3. The van der Waals surface area contributed by atoms with E-state index in [1.807, 2.05) is 17.9 Å². The van der Waals surface area contributed by atoms with E-state index in [1.165, 1.54) is 17.7 Å². The Morgan fingerprint density at radius 3 is 2.68 bits per heavy atom. The lowest BCUT2D eigenvalue weighted by atomic mass is 9.89. The number of nitrogens with one attached hydrogen (secondary N) is 2. The summed E-state index contributed by atoms with van der Waals surface area (Å²) in [4.78, 5) is 54.4. The van der Waals surface area contributed by atoms with Gasteiger partial charge in [-0.05, 0) is 63.8 Å². The van der Waals surface area contributed by atoms with Crippen LogP contribution in [-0.4, -0.2) is 68.4 Å². The van der Waals surface area contributed by atoms with Crippen molar-refractivity contribution in [3.8, 4) is 0 Å². The molecule has 3 aliphatic heterocycles. The fourth-order valence-electron chi connectivity index (χ4n) is 6.78. The third-order valence-electron chi connectivity index (χ3n) is 8.63. The van der Waals surface area contributed by atoms with Crippen LogP contribution in [0.25, 0.3) is 10.2 Å². The lowest BCUT2D eigenvalue weighted by Gasteiger charge is -2.35. The summed E-state index contributed by atoms with van der Waals surface area (Å²) in [6, 6.07) is 4.25. The summed E-state index contributed by atoms with van der Waals surface area (Å²) in [6.45, 7) is 3.52. The number of aryl methyl sites for hydroxylation is 1. The maximum atomic E-state index is 13.8. The lowest BCUT2D eigenvalue weighted by molar-refractivity contribution is 0.0655. The Morgan fingerprint density at radius 2 is 1.95 bits per heavy atom. The number of hydrogen-bond donors (Lipinski definition) is 2. The zero-order valence-electron chi connectivity index (χ0n) is 20.9. The minimum absolute atomic E-state index is 0.0341. The number of thiophene rings is 1. The number of anilines is 2. The molecule has 1 saturated carbocycles. The minimum atomic E-state index is -0.656. The monoisotopic (exact) mass is 519 g/mol. The molecule has 192 valence electrons. The number of carbonyl (C=O) groups excluding carboxylic acids is 2. The van der Waals surface area contributed by atoms with Gasteiger partial charge in [-0.25, -0.2) is 9.97 Å². The van der Waals surface area contributed by atoms with Crippen molar-refractivity contribution < 1.29 is 9.59 Å². The van der Waals surface area contributed by atoms with Gasteiger partial charge < -0.3 is 15.5 Å². The number of likely N-dealkylation sites (N-methyl/N-ethyl adjacent to an activating group) is 1. The van der Waals surface area contributed by atoms with Crippen molar-refractivity contribution in [1.82, 2.24) is 29.7 Å². The van der Waals surface area contributed by atoms with Crippen LogP contribution >= 0.6 is 11.3 Å². The van der Waals surface area contributed by atoms with Crippen LogP contribution in [0, 0.1) is 6.92 Å². The molecule has 37 heavy (non-hydrogen) atoms. The van der Waals surface area contributed by atoms with Crippen LogP contribution in [-0.2, 0) is 5.66 Å². The first-order valence-electron chi connectivity index (χ1n) is 13.0. The number of likely N-dealkylation sites (tertiary alicyclic amines) is 2. The highest BCUT2D eigenvalue weighted by molar-refractivity contribution is 7.20. The number of carbonyl (C=O) groups is 2. The molecule has 7 rings (SSSR count). The summed E-state index contributed by atoms with van der Waals surface area (Å²) in [5, 5.41) is 7.06. The third kappa shape index (κ3) is 3.36. The van der Waals surface area contributed by atoms with Crippen LogP contribution in [0.3, 0.4) is 0 Å². The standard InChI is InChI=1S/C26H29N7O3S/c1-14-8-18(24(35)33-20(14)22(34)30-26(33)6-4-3-5-7-26)29-21-17-10-19(37-23(17)28-13-27-21)25(36)32-12-15-9-16(32)11-31(15)2/h8,10,13,15-16H,3-7,9,11-12H2,1-2H3,(H,30,34)(H,27,28,29)/t15-,16-/m1/s1. The normalized spacial score (nSPS) is 24.2. The van der Waals surface area contributed by atoms with Crippen molar-refractivity contribution in [3.63, 3.8) is 0 Å². The first-order valence-corrected chi connectivity index (χ1v) is 13.8. The Morgan fingerprint density at radius 1 is 1.14 bits per heavy atom. The number of nitrogens with zero attached hydrogens (tertiary/aromatic N) is 5. The molecule has 1 aliphatic carbocycles. The molecule has 2 bridgehead atoms. The highest BCUT2D eigenvalue weighted by Crippen LogP contribution is 2.38. The number of fused-ring (bicyclic) bond motifs is 5. The molecule has 3 aromatic heterocycles. The molecule has 2 saturated heterocycles. The van der Waals surface area contributed by atoms with Crippen molar-refractivity contribution in [2.75, 3.05) is 25.5 Å². The maximum absolute atomic E-state index is 13.8. The number of piperazine rings is 1. The molecule has 0 unspecified atom stereocenters. The van der Waals surface area contributed by atoms with Gasteiger partial charge in [0.05, 0.1) is 10.3 Å². The summed E-state index contributed by atoms with van der Waals surface area (Å²) in [5.74, 6) is 0.331. The van der Waals surface area contributed by atoms with Crippen molar-refractivity contribution in [2.45, 2.75) is 63.2 Å². The Balaban J connectivity index is 1.25. The smallest absolute Gasteiger partial charge is 0.276 e. The van der Waals surface area contributed by atoms with Crippen LogP contribution in [0.4, 0.5) is 11.5 Å². The van der Waals surface area contributed by atoms with Crippen molar-refractivity contribution in [3.05, 3.63) is 44.9 Å². The van der Waals surface area contributed by atoms with Crippen molar-refractivity contribution in [1.29, 1.82) is 0 Å². The first kappa shape index (κ1) is 22.9. The van der Waals surface area contributed by atoms with Crippen LogP contribution in [0.15, 0.2) is 23.3 Å². The Bertz CT molecular complexity index is 1520. The van der Waals surface area contributed by atoms with E-state index in [-0.39, 0.29) is 23.4 Å². The van der Waals surface area contributed by atoms with E-state index < -0.39 is 5.66 Å². The summed E-state index contributed by atoms with van der Waals surface area (Å²) < 4.78 is 1.67. The summed E-state index contributed by atoms with van der Waals surface area (Å²) in [7, 11) is 2.12. The van der Waals surface area contributed by atoms with Crippen LogP contribution in [0.1, 0.15) is 64.2 Å². The number of rotatable bonds is 3. The van der Waals surface area contributed by atoms with E-state index in [1.54, 1.807) is 10.6 Å². The van der Waals surface area contributed by atoms with Gasteiger partial charge in [0.15, 0.2) is 0 Å². The molecule has 0 aromatic carbocycles. The van der Waals surface area contributed by atoms with Gasteiger partial charge in [-0.15, -0.1) is 11.3 Å². The molecule has 2 amide bonds. The van der Waals surface area contributed by atoms with Gasteiger partial charge in [-0.2, -0.15) is 0 Å². The summed E-state index contributed by atoms with van der Waals surface area (Å²) >= 11 is 1.36. The first-order chi connectivity index (χ1) is 17.8. The number of pyridine rings is 1. The molecule has 3 aromatic rings. The van der Waals surface area contributed by atoms with Gasteiger partial charge in [0.25, 0.3) is 17.4 Å². The molecule has 4 aliphatic rings. The highest BCUT2D eigenvalue weighted by Gasteiger charge is 2.46.